The molecule has 26 heavy (non-hydrogen) atoms. The number of thiophene rings is 1. The van der Waals surface area contributed by atoms with Gasteiger partial charge in [0.2, 0.25) is 0 Å². The Morgan fingerprint density at radius 1 is 1.27 bits per heavy atom. The topological polar surface area (TPSA) is 86.3 Å². The molecule has 0 aromatic carbocycles. The molecule has 8 nitrogen and oxygen atoms in total. The van der Waals surface area contributed by atoms with Crippen LogP contribution in [-0.4, -0.2) is 40.6 Å². The van der Waals surface area contributed by atoms with Crippen LogP contribution in [0.3, 0.4) is 0 Å². The molecule has 132 valence electrons. The first-order chi connectivity index (χ1) is 12.8. The predicted molar refractivity (Wildman–Crippen MR) is 99.1 cm³/mol. The van der Waals surface area contributed by atoms with Gasteiger partial charge in [0.1, 0.15) is 24.5 Å². The van der Waals surface area contributed by atoms with E-state index < -0.39 is 0 Å². The monoisotopic (exact) mass is 366 g/mol. The van der Waals surface area contributed by atoms with Crippen LogP contribution < -0.4 is 5.32 Å². The zero-order valence-electron chi connectivity index (χ0n) is 14.3. The number of nitrogens with one attached hydrogen (secondary N) is 1. The van der Waals surface area contributed by atoms with Crippen LogP contribution in [0, 0.1) is 0 Å². The maximum atomic E-state index is 4.42. The summed E-state index contributed by atoms with van der Waals surface area (Å²) in [6.07, 6.45) is 7.40. The summed E-state index contributed by atoms with van der Waals surface area (Å²) < 4.78 is 5.08. The molecule has 1 aliphatic rings. The van der Waals surface area contributed by atoms with Gasteiger partial charge in [0.25, 0.3) is 0 Å². The van der Waals surface area contributed by atoms with Crippen molar-refractivity contribution in [3.8, 4) is 0 Å². The number of aromatic nitrogens is 7. The zero-order chi connectivity index (χ0) is 17.5. The first kappa shape index (κ1) is 15.4. The quantitative estimate of drug-likeness (QED) is 0.584. The van der Waals surface area contributed by atoms with Crippen molar-refractivity contribution in [2.24, 2.45) is 7.05 Å². The highest BCUT2D eigenvalue weighted by Gasteiger charge is 2.34. The number of fused-ring (bicyclic) bond motifs is 1. The maximum Gasteiger partial charge on any atom is 0.154 e. The minimum absolute atomic E-state index is 0.409. The van der Waals surface area contributed by atoms with Gasteiger partial charge >= 0.3 is 0 Å². The van der Waals surface area contributed by atoms with Crippen molar-refractivity contribution in [1.29, 1.82) is 0 Å². The van der Waals surface area contributed by atoms with Crippen molar-refractivity contribution < 1.29 is 0 Å². The molecule has 4 aromatic heterocycles. The number of anilines is 1. The van der Waals surface area contributed by atoms with Gasteiger partial charge in [-0.1, -0.05) is 0 Å². The Labute approximate surface area is 153 Å². The smallest absolute Gasteiger partial charge is 0.154 e. The van der Waals surface area contributed by atoms with Gasteiger partial charge in [0.15, 0.2) is 5.82 Å². The summed E-state index contributed by atoms with van der Waals surface area (Å²) >= 11 is 1.67. The fourth-order valence-electron chi connectivity index (χ4n) is 3.44. The van der Waals surface area contributed by atoms with E-state index in [1.165, 1.54) is 0 Å². The van der Waals surface area contributed by atoms with E-state index in [1.54, 1.807) is 23.9 Å². The van der Waals surface area contributed by atoms with Crippen LogP contribution in [0.1, 0.15) is 30.4 Å². The van der Waals surface area contributed by atoms with Gasteiger partial charge in [-0.05, 0) is 30.4 Å². The van der Waals surface area contributed by atoms with E-state index in [1.807, 2.05) is 30.1 Å². The summed E-state index contributed by atoms with van der Waals surface area (Å²) in [5, 5.41) is 18.6. The van der Waals surface area contributed by atoms with E-state index in [-0.39, 0.29) is 0 Å². The molecule has 0 bridgehead atoms. The Morgan fingerprint density at radius 3 is 3.04 bits per heavy atom. The van der Waals surface area contributed by atoms with Crippen LogP contribution in [0.2, 0.25) is 0 Å². The molecule has 0 saturated heterocycles. The standard InChI is InChI=1S/C17H18N8S/c1-24-14(9-25-5-2-4-20-25)22-23-17(24)11-7-12(8-11)21-16-15-13(3-6-26-15)18-10-19-16/h2-6,10-12H,7-9H2,1H3,(H,18,19,21). The second-order valence-corrected chi connectivity index (χ2v) is 7.52. The van der Waals surface area contributed by atoms with Crippen molar-refractivity contribution in [3.63, 3.8) is 0 Å². The second-order valence-electron chi connectivity index (χ2n) is 6.60. The third kappa shape index (κ3) is 2.64. The molecule has 0 amide bonds. The van der Waals surface area contributed by atoms with E-state index >= 15 is 0 Å². The number of hydrogen-bond donors (Lipinski definition) is 1. The minimum atomic E-state index is 0.409. The van der Waals surface area contributed by atoms with Gasteiger partial charge in [-0.25, -0.2) is 9.97 Å². The first-order valence-electron chi connectivity index (χ1n) is 8.58. The van der Waals surface area contributed by atoms with Gasteiger partial charge in [-0.2, -0.15) is 5.10 Å². The molecule has 4 aromatic rings. The Hall–Kier alpha value is -2.81. The molecule has 1 fully saturated rings. The Bertz CT molecular complexity index is 1030. The molecule has 0 radical (unpaired) electrons. The zero-order valence-corrected chi connectivity index (χ0v) is 15.1. The van der Waals surface area contributed by atoms with Crippen molar-refractivity contribution >= 4 is 27.4 Å². The molecule has 1 aliphatic carbocycles. The maximum absolute atomic E-state index is 4.42. The SMILES string of the molecule is Cn1c(Cn2cccn2)nnc1C1CC(Nc2ncnc3ccsc23)C1. The molecule has 1 saturated carbocycles. The predicted octanol–water partition coefficient (Wildman–Crippen LogP) is 2.42. The van der Waals surface area contributed by atoms with Crippen molar-refractivity contribution in [2.75, 3.05) is 5.32 Å². The molecule has 0 aliphatic heterocycles. The molecule has 4 heterocycles. The van der Waals surface area contributed by atoms with Crippen LogP contribution in [0.25, 0.3) is 10.2 Å². The lowest BCUT2D eigenvalue weighted by Gasteiger charge is -2.35. The van der Waals surface area contributed by atoms with Crippen LogP contribution in [-0.2, 0) is 13.6 Å². The van der Waals surface area contributed by atoms with Crippen molar-refractivity contribution in [2.45, 2.75) is 31.3 Å². The average molecular weight is 366 g/mol. The molecular formula is C17H18N8S. The van der Waals surface area contributed by atoms with Gasteiger partial charge in [0, 0.05) is 31.4 Å². The van der Waals surface area contributed by atoms with E-state index in [0.29, 0.717) is 18.5 Å². The lowest BCUT2D eigenvalue weighted by Crippen LogP contribution is -2.35. The average Bonchev–Trinajstić information content (AvgIpc) is 3.34. The summed E-state index contributed by atoms with van der Waals surface area (Å²) in [7, 11) is 2.04. The fourth-order valence-corrected chi connectivity index (χ4v) is 4.24. The number of nitrogens with zero attached hydrogens (tertiary/aromatic N) is 7. The first-order valence-corrected chi connectivity index (χ1v) is 9.46. The van der Waals surface area contributed by atoms with Crippen molar-refractivity contribution in [3.05, 3.63) is 47.9 Å². The third-order valence-electron chi connectivity index (χ3n) is 4.95. The third-order valence-corrected chi connectivity index (χ3v) is 5.86. The lowest BCUT2D eigenvalue weighted by molar-refractivity contribution is 0.351. The second kappa shape index (κ2) is 6.17. The summed E-state index contributed by atoms with van der Waals surface area (Å²) in [6.45, 7) is 0.641. The van der Waals surface area contributed by atoms with E-state index in [9.17, 15) is 0 Å². The van der Waals surface area contributed by atoms with Crippen molar-refractivity contribution in [1.82, 2.24) is 34.5 Å². The molecule has 0 spiro atoms. The molecular weight excluding hydrogens is 348 g/mol. The Morgan fingerprint density at radius 2 is 2.19 bits per heavy atom. The Balaban J connectivity index is 1.26. The van der Waals surface area contributed by atoms with E-state index in [4.69, 9.17) is 0 Å². The molecule has 5 rings (SSSR count). The van der Waals surface area contributed by atoms with Gasteiger partial charge in [0.05, 0.1) is 10.2 Å². The van der Waals surface area contributed by atoms with E-state index in [2.05, 4.69) is 40.5 Å². The van der Waals surface area contributed by atoms with Gasteiger partial charge < -0.3 is 9.88 Å². The van der Waals surface area contributed by atoms with Gasteiger partial charge in [-0.3, -0.25) is 4.68 Å². The molecule has 1 N–H and O–H groups in total. The van der Waals surface area contributed by atoms with Crippen LogP contribution in [0.15, 0.2) is 36.2 Å². The molecule has 9 heteroatoms. The van der Waals surface area contributed by atoms with E-state index in [0.717, 1.165) is 40.5 Å². The summed E-state index contributed by atoms with van der Waals surface area (Å²) in [6, 6.07) is 4.35. The molecule has 0 unspecified atom stereocenters. The minimum Gasteiger partial charge on any atom is -0.366 e. The summed E-state index contributed by atoms with van der Waals surface area (Å²) in [4.78, 5) is 8.70. The highest BCUT2D eigenvalue weighted by atomic mass is 32.1. The number of hydrogen-bond acceptors (Lipinski definition) is 7. The molecule has 0 atom stereocenters. The van der Waals surface area contributed by atoms with Crippen LogP contribution >= 0.6 is 11.3 Å². The fraction of sp³-hybridized carbons (Fsp3) is 0.353. The van der Waals surface area contributed by atoms with Crippen LogP contribution in [0.4, 0.5) is 5.82 Å². The normalized spacial score (nSPS) is 19.6. The highest BCUT2D eigenvalue weighted by molar-refractivity contribution is 7.17. The lowest BCUT2D eigenvalue weighted by atomic mass is 9.79. The van der Waals surface area contributed by atoms with Gasteiger partial charge in [-0.15, -0.1) is 21.5 Å². The largest absolute Gasteiger partial charge is 0.366 e. The Kier molecular flexibility index (Phi) is 3.66. The number of rotatable bonds is 5. The highest BCUT2D eigenvalue weighted by Crippen LogP contribution is 2.38. The summed E-state index contributed by atoms with van der Waals surface area (Å²) in [5.74, 6) is 3.34. The van der Waals surface area contributed by atoms with Crippen LogP contribution in [0.5, 0.6) is 0 Å². The summed E-state index contributed by atoms with van der Waals surface area (Å²) in [5.41, 5.74) is 1.000.